The van der Waals surface area contributed by atoms with Crippen molar-refractivity contribution in [1.82, 2.24) is 21.0 Å². The third kappa shape index (κ3) is 10.7. The molecular weight excluding hydrogens is 649 g/mol. The fourth-order valence-electron chi connectivity index (χ4n) is 5.49. The first kappa shape index (κ1) is 35.7. The molecule has 4 N–H and O–H groups in total. The number of ether oxygens (including phenoxy) is 2. The van der Waals surface area contributed by atoms with Crippen LogP contribution >= 0.6 is 23.1 Å². The topological polar surface area (TPSA) is 143 Å². The van der Waals surface area contributed by atoms with Crippen LogP contribution in [0.25, 0.3) is 11.1 Å². The van der Waals surface area contributed by atoms with Crippen LogP contribution in [0.1, 0.15) is 84.6 Å². The standard InChI is InChI=1S/C36H42N4O6S2/c1-24-38-39-36(48-24)47-23-31-20-32(28-13-11-25(22-41)12-14-28)46-35(45-31)29-17-15-27(16-18-29)30-8-6-7-26(19-30)21-37-33(42)9-4-2-3-5-10-34(43)40-44/h6-8,11-19,31-32,35,41,44H,2-5,9-10,20-23H2,1H3,(H,37,42)(H,40,43)/t31-,32+,35+/m0/s1. The van der Waals surface area contributed by atoms with Crippen molar-refractivity contribution in [2.24, 2.45) is 0 Å². The largest absolute Gasteiger partial charge is 0.392 e. The van der Waals surface area contributed by atoms with Crippen molar-refractivity contribution in [1.29, 1.82) is 0 Å². The minimum absolute atomic E-state index is 0.000218. The van der Waals surface area contributed by atoms with Gasteiger partial charge in [-0.3, -0.25) is 14.8 Å². The minimum atomic E-state index is -0.543. The van der Waals surface area contributed by atoms with E-state index in [9.17, 15) is 14.7 Å². The van der Waals surface area contributed by atoms with Crippen LogP contribution < -0.4 is 10.8 Å². The number of aromatic nitrogens is 2. The normalized spacial score (nSPS) is 17.6. The van der Waals surface area contributed by atoms with Gasteiger partial charge in [0.25, 0.3) is 0 Å². The maximum Gasteiger partial charge on any atom is 0.243 e. The number of nitrogens with zero attached hydrogens (tertiary/aromatic N) is 2. The van der Waals surface area contributed by atoms with Gasteiger partial charge in [-0.2, -0.15) is 0 Å². The first-order chi connectivity index (χ1) is 23.4. The van der Waals surface area contributed by atoms with Crippen molar-refractivity contribution in [2.45, 2.75) is 87.9 Å². The molecule has 0 radical (unpaired) electrons. The molecule has 10 nitrogen and oxygen atoms in total. The van der Waals surface area contributed by atoms with Crippen LogP contribution in [0.2, 0.25) is 0 Å². The maximum atomic E-state index is 12.4. The number of thioether (sulfide) groups is 1. The van der Waals surface area contributed by atoms with Crippen molar-refractivity contribution < 1.29 is 29.4 Å². The highest BCUT2D eigenvalue weighted by Crippen LogP contribution is 2.40. The van der Waals surface area contributed by atoms with Crippen LogP contribution in [0.5, 0.6) is 0 Å². The van der Waals surface area contributed by atoms with Gasteiger partial charge in [0.1, 0.15) is 5.01 Å². The number of benzene rings is 3. The molecule has 1 aromatic heterocycles. The quantitative estimate of drug-likeness (QED) is 0.0432. The summed E-state index contributed by atoms with van der Waals surface area (Å²) in [5, 5.41) is 30.4. The Kier molecular flexibility index (Phi) is 13.5. The highest BCUT2D eigenvalue weighted by molar-refractivity contribution is 8.01. The molecule has 2 amide bonds. The van der Waals surface area contributed by atoms with Crippen molar-refractivity contribution >= 4 is 34.9 Å². The third-order valence-electron chi connectivity index (χ3n) is 8.13. The Morgan fingerprint density at radius 1 is 0.875 bits per heavy atom. The Bertz CT molecular complexity index is 1620. The van der Waals surface area contributed by atoms with Gasteiger partial charge in [-0.15, -0.1) is 10.2 Å². The lowest BCUT2D eigenvalue weighted by atomic mass is 9.99. The lowest BCUT2D eigenvalue weighted by Crippen LogP contribution is -2.31. The van der Waals surface area contributed by atoms with E-state index in [4.69, 9.17) is 14.7 Å². The molecule has 48 heavy (non-hydrogen) atoms. The minimum Gasteiger partial charge on any atom is -0.392 e. The van der Waals surface area contributed by atoms with Crippen LogP contribution in [0.4, 0.5) is 0 Å². The van der Waals surface area contributed by atoms with Crippen molar-refractivity contribution in [2.75, 3.05) is 5.75 Å². The molecule has 5 rings (SSSR count). The Morgan fingerprint density at radius 3 is 2.29 bits per heavy atom. The number of nitrogens with one attached hydrogen (secondary N) is 2. The van der Waals surface area contributed by atoms with E-state index in [1.54, 1.807) is 28.6 Å². The number of rotatable bonds is 16. The predicted octanol–water partition coefficient (Wildman–Crippen LogP) is 6.81. The van der Waals surface area contributed by atoms with E-state index in [0.29, 0.717) is 25.8 Å². The molecule has 1 saturated heterocycles. The summed E-state index contributed by atoms with van der Waals surface area (Å²) in [4.78, 5) is 23.4. The molecule has 254 valence electrons. The maximum absolute atomic E-state index is 12.4. The Morgan fingerprint density at radius 2 is 1.60 bits per heavy atom. The molecule has 0 spiro atoms. The van der Waals surface area contributed by atoms with E-state index in [0.717, 1.165) is 67.7 Å². The fraction of sp³-hybridized carbons (Fsp3) is 0.389. The van der Waals surface area contributed by atoms with Gasteiger partial charge in [0.15, 0.2) is 10.6 Å². The molecule has 12 heteroatoms. The van der Waals surface area contributed by atoms with Crippen LogP contribution in [0.3, 0.4) is 0 Å². The Labute approximate surface area is 289 Å². The second-order valence-corrected chi connectivity index (χ2v) is 14.2. The zero-order valence-corrected chi connectivity index (χ0v) is 28.6. The molecule has 0 saturated carbocycles. The molecule has 0 aliphatic carbocycles. The number of aryl methyl sites for hydroxylation is 1. The average Bonchev–Trinajstić information content (AvgIpc) is 3.56. The number of aliphatic hydroxyl groups excluding tert-OH is 1. The fourth-order valence-corrected chi connectivity index (χ4v) is 7.35. The van der Waals surface area contributed by atoms with E-state index in [1.807, 2.05) is 55.5 Å². The summed E-state index contributed by atoms with van der Waals surface area (Å²) >= 11 is 3.23. The van der Waals surface area contributed by atoms with Gasteiger partial charge in [0, 0.05) is 37.1 Å². The molecule has 1 aliphatic rings. The number of carbonyl (C=O) groups excluding carboxylic acids is 2. The van der Waals surface area contributed by atoms with E-state index < -0.39 is 6.29 Å². The van der Waals surface area contributed by atoms with Crippen molar-refractivity contribution in [3.8, 4) is 11.1 Å². The number of aliphatic hydroxyl groups is 1. The van der Waals surface area contributed by atoms with Crippen LogP contribution in [-0.2, 0) is 32.2 Å². The van der Waals surface area contributed by atoms with Gasteiger partial charge in [-0.1, -0.05) is 103 Å². The van der Waals surface area contributed by atoms with E-state index in [-0.39, 0.29) is 37.0 Å². The van der Waals surface area contributed by atoms with Crippen molar-refractivity contribution in [3.63, 3.8) is 0 Å². The highest BCUT2D eigenvalue weighted by Gasteiger charge is 2.32. The summed E-state index contributed by atoms with van der Waals surface area (Å²) < 4.78 is 13.9. The second kappa shape index (κ2) is 18.2. The van der Waals surface area contributed by atoms with Crippen molar-refractivity contribution in [3.05, 3.63) is 100 Å². The molecule has 3 atom stereocenters. The summed E-state index contributed by atoms with van der Waals surface area (Å²) in [5.74, 6) is 0.351. The zero-order chi connectivity index (χ0) is 33.7. The van der Waals surface area contributed by atoms with Crippen LogP contribution in [0.15, 0.2) is 77.1 Å². The first-order valence-corrected chi connectivity index (χ1v) is 18.0. The number of hydrogen-bond donors (Lipinski definition) is 4. The number of carbonyl (C=O) groups is 2. The summed E-state index contributed by atoms with van der Waals surface area (Å²) in [5.41, 5.74) is 7.58. The lowest BCUT2D eigenvalue weighted by molar-refractivity contribution is -0.245. The first-order valence-electron chi connectivity index (χ1n) is 16.2. The summed E-state index contributed by atoms with van der Waals surface area (Å²) in [7, 11) is 0. The van der Waals surface area contributed by atoms with Crippen LogP contribution in [-0.4, -0.2) is 44.2 Å². The third-order valence-corrected chi connectivity index (χ3v) is 10.2. The predicted molar refractivity (Wildman–Crippen MR) is 185 cm³/mol. The van der Waals surface area contributed by atoms with Gasteiger partial charge in [0.2, 0.25) is 11.8 Å². The monoisotopic (exact) mass is 690 g/mol. The summed E-state index contributed by atoms with van der Waals surface area (Å²) in [6.45, 7) is 2.40. The van der Waals surface area contributed by atoms with Gasteiger partial charge >= 0.3 is 0 Å². The number of hydrogen-bond acceptors (Lipinski definition) is 10. The summed E-state index contributed by atoms with van der Waals surface area (Å²) in [6.07, 6.45) is 3.80. The molecule has 2 heterocycles. The van der Waals surface area contributed by atoms with Gasteiger partial charge in [-0.25, -0.2) is 5.48 Å². The van der Waals surface area contributed by atoms with E-state index in [2.05, 4.69) is 39.8 Å². The molecule has 4 aromatic rings. The molecule has 3 aromatic carbocycles. The van der Waals surface area contributed by atoms with E-state index in [1.165, 1.54) is 0 Å². The molecule has 0 bridgehead atoms. The molecule has 1 aliphatic heterocycles. The Balaban J connectivity index is 1.17. The highest BCUT2D eigenvalue weighted by atomic mass is 32.2. The lowest BCUT2D eigenvalue weighted by Gasteiger charge is -2.36. The summed E-state index contributed by atoms with van der Waals surface area (Å²) in [6, 6.07) is 24.2. The van der Waals surface area contributed by atoms with Gasteiger partial charge in [-0.05, 0) is 53.6 Å². The molecular formula is C36H42N4O6S2. The Hall–Kier alpha value is -3.65. The number of amides is 2. The van der Waals surface area contributed by atoms with E-state index >= 15 is 0 Å². The van der Waals surface area contributed by atoms with Gasteiger partial charge in [0.05, 0.1) is 18.8 Å². The van der Waals surface area contributed by atoms with Gasteiger partial charge < -0.3 is 19.9 Å². The molecule has 1 fully saturated rings. The SMILES string of the molecule is Cc1nnc(SC[C@@H]2C[C@H](c3ccc(CO)cc3)O[C@H](c3ccc(-c4cccc(CNC(=O)CCCCCCC(=O)NO)c4)cc3)O2)s1. The molecule has 0 unspecified atom stereocenters. The zero-order valence-electron chi connectivity index (χ0n) is 27.0. The smallest absolute Gasteiger partial charge is 0.243 e. The second-order valence-electron chi connectivity index (χ2n) is 11.8. The number of hydroxylamine groups is 1. The average molecular weight is 691 g/mol. The number of unbranched alkanes of at least 4 members (excludes halogenated alkanes) is 3. The van der Waals surface area contributed by atoms with Crippen LogP contribution in [0, 0.1) is 6.92 Å².